The number of benzene rings is 1. The summed E-state index contributed by atoms with van der Waals surface area (Å²) in [5.41, 5.74) is 0.909. The van der Waals surface area contributed by atoms with Gasteiger partial charge in [0, 0.05) is 32.2 Å². The summed E-state index contributed by atoms with van der Waals surface area (Å²) in [7, 11) is -3.65. The van der Waals surface area contributed by atoms with E-state index in [1.165, 1.54) is 17.3 Å². The van der Waals surface area contributed by atoms with Crippen LogP contribution in [-0.2, 0) is 21.2 Å². The lowest BCUT2D eigenvalue weighted by Crippen LogP contribution is -2.35. The molecule has 1 aliphatic rings. The molecular formula is C20H25N3O5S. The smallest absolute Gasteiger partial charge is 0.287 e. The van der Waals surface area contributed by atoms with Crippen LogP contribution in [0.3, 0.4) is 0 Å². The molecule has 9 heteroatoms. The van der Waals surface area contributed by atoms with Gasteiger partial charge in [-0.05, 0) is 25.3 Å². The first-order chi connectivity index (χ1) is 13.9. The zero-order chi connectivity index (χ0) is 20.9. The van der Waals surface area contributed by atoms with E-state index in [-0.39, 0.29) is 41.8 Å². The Labute approximate surface area is 170 Å². The van der Waals surface area contributed by atoms with Gasteiger partial charge in [0.2, 0.25) is 15.9 Å². The second-order valence-electron chi connectivity index (χ2n) is 6.91. The molecule has 1 fully saturated rings. The molecule has 1 aromatic carbocycles. The van der Waals surface area contributed by atoms with Crippen molar-refractivity contribution >= 4 is 21.8 Å². The molecular weight excluding hydrogens is 394 g/mol. The maximum Gasteiger partial charge on any atom is 0.287 e. The van der Waals surface area contributed by atoms with Crippen LogP contribution >= 0.6 is 0 Å². The highest BCUT2D eigenvalue weighted by Crippen LogP contribution is 2.26. The Kier molecular flexibility index (Phi) is 6.71. The molecule has 3 rings (SSSR count). The predicted molar refractivity (Wildman–Crippen MR) is 107 cm³/mol. The number of hydrogen-bond acceptors (Lipinski definition) is 5. The number of nitrogens with one attached hydrogen (secondary N) is 2. The highest BCUT2D eigenvalue weighted by atomic mass is 32.2. The number of hydrogen-bond donors (Lipinski definition) is 2. The van der Waals surface area contributed by atoms with Gasteiger partial charge in [0.05, 0.1) is 6.42 Å². The SMILES string of the molecule is Cc1oc(C(=O)NCCNC(=O)Cc2ccccc2)cc1S(=O)(=O)N1CCCC1. The van der Waals surface area contributed by atoms with Gasteiger partial charge in [0.25, 0.3) is 5.91 Å². The number of furan rings is 1. The highest BCUT2D eigenvalue weighted by molar-refractivity contribution is 7.89. The van der Waals surface area contributed by atoms with Gasteiger partial charge in [0.1, 0.15) is 10.7 Å². The number of sulfonamides is 1. The first kappa shape index (κ1) is 21.1. The van der Waals surface area contributed by atoms with Crippen molar-refractivity contribution in [3.8, 4) is 0 Å². The summed E-state index contributed by atoms with van der Waals surface area (Å²) in [6.45, 7) is 2.96. The molecule has 2 amide bonds. The van der Waals surface area contributed by atoms with Crippen LogP contribution in [0.4, 0.5) is 0 Å². The quantitative estimate of drug-likeness (QED) is 0.630. The van der Waals surface area contributed by atoms with E-state index >= 15 is 0 Å². The normalized spacial score (nSPS) is 14.7. The third-order valence-corrected chi connectivity index (χ3v) is 6.73. The molecule has 0 spiro atoms. The molecule has 0 bridgehead atoms. The average Bonchev–Trinajstić information content (AvgIpc) is 3.36. The molecule has 0 unspecified atom stereocenters. The van der Waals surface area contributed by atoms with E-state index in [0.29, 0.717) is 13.1 Å². The molecule has 0 saturated carbocycles. The molecule has 29 heavy (non-hydrogen) atoms. The van der Waals surface area contributed by atoms with Gasteiger partial charge in [-0.25, -0.2) is 8.42 Å². The standard InChI is InChI=1S/C20H25N3O5S/c1-15-18(29(26,27)23-11-5-6-12-23)14-17(28-15)20(25)22-10-9-21-19(24)13-16-7-3-2-4-8-16/h2-4,7-8,14H,5-6,9-13H2,1H3,(H,21,24)(H,22,25). The fourth-order valence-corrected chi connectivity index (χ4v) is 4.89. The van der Waals surface area contributed by atoms with Crippen molar-refractivity contribution in [2.75, 3.05) is 26.2 Å². The van der Waals surface area contributed by atoms with E-state index in [4.69, 9.17) is 4.42 Å². The van der Waals surface area contributed by atoms with E-state index in [0.717, 1.165) is 18.4 Å². The second kappa shape index (κ2) is 9.23. The van der Waals surface area contributed by atoms with Crippen molar-refractivity contribution in [3.05, 3.63) is 53.5 Å². The molecule has 0 aliphatic carbocycles. The molecule has 1 saturated heterocycles. The van der Waals surface area contributed by atoms with E-state index in [9.17, 15) is 18.0 Å². The van der Waals surface area contributed by atoms with Crippen molar-refractivity contribution in [1.82, 2.24) is 14.9 Å². The Morgan fingerprint density at radius 3 is 2.41 bits per heavy atom. The van der Waals surface area contributed by atoms with Gasteiger partial charge >= 0.3 is 0 Å². The lowest BCUT2D eigenvalue weighted by atomic mass is 10.1. The van der Waals surface area contributed by atoms with Gasteiger partial charge in [-0.2, -0.15) is 4.31 Å². The van der Waals surface area contributed by atoms with Crippen molar-refractivity contribution in [2.24, 2.45) is 0 Å². The molecule has 1 aliphatic heterocycles. The molecule has 0 radical (unpaired) electrons. The number of aryl methyl sites for hydroxylation is 1. The summed E-state index contributed by atoms with van der Waals surface area (Å²) in [6.07, 6.45) is 1.93. The topological polar surface area (TPSA) is 109 Å². The van der Waals surface area contributed by atoms with E-state index in [2.05, 4.69) is 10.6 Å². The van der Waals surface area contributed by atoms with Crippen molar-refractivity contribution in [3.63, 3.8) is 0 Å². The van der Waals surface area contributed by atoms with Crippen LogP contribution in [0.25, 0.3) is 0 Å². The maximum absolute atomic E-state index is 12.7. The zero-order valence-corrected chi connectivity index (χ0v) is 17.1. The van der Waals surface area contributed by atoms with Crippen LogP contribution in [0.5, 0.6) is 0 Å². The lowest BCUT2D eigenvalue weighted by Gasteiger charge is -2.14. The molecule has 1 aromatic heterocycles. The van der Waals surface area contributed by atoms with Crippen molar-refractivity contribution in [2.45, 2.75) is 31.1 Å². The van der Waals surface area contributed by atoms with E-state index in [1.807, 2.05) is 30.3 Å². The average molecular weight is 420 g/mol. The molecule has 2 heterocycles. The second-order valence-corrected chi connectivity index (χ2v) is 8.82. The van der Waals surface area contributed by atoms with E-state index in [1.54, 1.807) is 0 Å². The number of amides is 2. The van der Waals surface area contributed by atoms with Gasteiger partial charge in [-0.3, -0.25) is 9.59 Å². The minimum absolute atomic E-state index is 0.0284. The first-order valence-corrected chi connectivity index (χ1v) is 11.0. The Morgan fingerprint density at radius 1 is 1.07 bits per heavy atom. The monoisotopic (exact) mass is 419 g/mol. The molecule has 156 valence electrons. The van der Waals surface area contributed by atoms with Crippen molar-refractivity contribution in [1.29, 1.82) is 0 Å². The Hall–Kier alpha value is -2.65. The summed E-state index contributed by atoms with van der Waals surface area (Å²) in [5.74, 6) is -0.527. The number of carbonyl (C=O) groups excluding carboxylic acids is 2. The summed E-state index contributed by atoms with van der Waals surface area (Å²) >= 11 is 0. The Bertz CT molecular complexity index is 963. The summed E-state index contributed by atoms with van der Waals surface area (Å²) in [4.78, 5) is 24.2. The van der Waals surface area contributed by atoms with E-state index < -0.39 is 15.9 Å². The zero-order valence-electron chi connectivity index (χ0n) is 16.3. The van der Waals surface area contributed by atoms with Crippen molar-refractivity contribution < 1.29 is 22.4 Å². The Balaban J connectivity index is 1.49. The van der Waals surface area contributed by atoms with Crippen LogP contribution in [0.15, 0.2) is 45.7 Å². The molecule has 8 nitrogen and oxygen atoms in total. The first-order valence-electron chi connectivity index (χ1n) is 9.57. The number of rotatable bonds is 8. The van der Waals surface area contributed by atoms with Gasteiger partial charge in [0.15, 0.2) is 5.76 Å². The molecule has 0 atom stereocenters. The molecule has 2 N–H and O–H groups in total. The minimum Gasteiger partial charge on any atom is -0.455 e. The number of nitrogens with zero attached hydrogens (tertiary/aromatic N) is 1. The summed E-state index contributed by atoms with van der Waals surface area (Å²) < 4.78 is 32.1. The third-order valence-electron chi connectivity index (χ3n) is 4.72. The molecule has 2 aromatic rings. The van der Waals surface area contributed by atoms with Crippen LogP contribution in [0, 0.1) is 6.92 Å². The van der Waals surface area contributed by atoms with Gasteiger partial charge in [-0.15, -0.1) is 0 Å². The van der Waals surface area contributed by atoms with Crippen LogP contribution in [-0.4, -0.2) is 50.7 Å². The lowest BCUT2D eigenvalue weighted by molar-refractivity contribution is -0.120. The van der Waals surface area contributed by atoms with Gasteiger partial charge in [-0.1, -0.05) is 30.3 Å². The summed E-state index contributed by atoms with van der Waals surface area (Å²) in [5, 5.41) is 5.35. The predicted octanol–water partition coefficient (Wildman–Crippen LogP) is 1.46. The fourth-order valence-electron chi connectivity index (χ4n) is 3.21. The maximum atomic E-state index is 12.7. The van der Waals surface area contributed by atoms with Gasteiger partial charge < -0.3 is 15.1 Å². The third kappa shape index (κ3) is 5.24. The number of carbonyl (C=O) groups is 2. The Morgan fingerprint density at radius 2 is 1.72 bits per heavy atom. The fraction of sp³-hybridized carbons (Fsp3) is 0.400. The van der Waals surface area contributed by atoms with Crippen LogP contribution in [0.1, 0.15) is 34.7 Å². The summed E-state index contributed by atoms with van der Waals surface area (Å²) in [6, 6.07) is 10.6. The minimum atomic E-state index is -3.65. The van der Waals surface area contributed by atoms with Crippen LogP contribution in [0.2, 0.25) is 0 Å². The largest absolute Gasteiger partial charge is 0.455 e. The highest BCUT2D eigenvalue weighted by Gasteiger charge is 2.31. The van der Waals surface area contributed by atoms with Crippen LogP contribution < -0.4 is 10.6 Å².